The summed E-state index contributed by atoms with van der Waals surface area (Å²) in [5, 5.41) is 2.78. The Morgan fingerprint density at radius 3 is 2.20 bits per heavy atom. The Balaban J connectivity index is 2.54. The molecule has 1 aromatic rings. The fourth-order valence-electron chi connectivity index (χ4n) is 2.07. The van der Waals surface area contributed by atoms with Crippen LogP contribution in [0.2, 0.25) is 0 Å². The number of aryl methyl sites for hydroxylation is 1. The highest BCUT2D eigenvalue weighted by molar-refractivity contribution is 5.88. The second-order valence-electron chi connectivity index (χ2n) is 6.10. The molecule has 0 radical (unpaired) electrons. The summed E-state index contributed by atoms with van der Waals surface area (Å²) in [6.45, 7) is 7.23. The minimum atomic E-state index is -0.483. The van der Waals surface area contributed by atoms with Crippen LogP contribution >= 0.6 is 0 Å². The number of carbonyl (C=O) groups excluding carboxylic acids is 2. The normalized spacial score (nSPS) is 12.8. The molecule has 1 unspecified atom stereocenters. The summed E-state index contributed by atoms with van der Waals surface area (Å²) < 4.78 is 12.8. The summed E-state index contributed by atoms with van der Waals surface area (Å²) in [5.74, 6) is -0.500. The molecule has 0 bridgehead atoms. The van der Waals surface area contributed by atoms with Gasteiger partial charge < -0.3 is 5.32 Å². The van der Waals surface area contributed by atoms with Gasteiger partial charge in [-0.3, -0.25) is 9.59 Å². The number of ketones is 1. The molecule has 0 aliphatic carbocycles. The number of benzene rings is 1. The van der Waals surface area contributed by atoms with Crippen molar-refractivity contribution >= 4 is 11.7 Å². The van der Waals surface area contributed by atoms with E-state index in [-0.39, 0.29) is 29.3 Å². The molecule has 4 heteroatoms. The van der Waals surface area contributed by atoms with Gasteiger partial charge in [0, 0.05) is 6.42 Å². The maximum absolute atomic E-state index is 12.8. The zero-order valence-corrected chi connectivity index (χ0v) is 12.5. The number of nitrogens with one attached hydrogen (secondary N) is 1. The van der Waals surface area contributed by atoms with Crippen molar-refractivity contribution in [2.75, 3.05) is 0 Å². The fourth-order valence-corrected chi connectivity index (χ4v) is 2.07. The van der Waals surface area contributed by atoms with Crippen LogP contribution in [0.5, 0.6) is 0 Å². The van der Waals surface area contributed by atoms with Crippen LogP contribution in [0.4, 0.5) is 4.39 Å². The van der Waals surface area contributed by atoms with Crippen molar-refractivity contribution in [2.45, 2.75) is 46.6 Å². The highest BCUT2D eigenvalue weighted by atomic mass is 19.1. The number of Topliss-reactive ketones (excluding diaryl/α,β-unsaturated/α-hetero) is 1. The van der Waals surface area contributed by atoms with E-state index in [4.69, 9.17) is 0 Å². The Morgan fingerprint density at radius 1 is 1.20 bits per heavy atom. The van der Waals surface area contributed by atoms with Crippen LogP contribution in [0, 0.1) is 11.2 Å². The summed E-state index contributed by atoms with van der Waals surface area (Å²) >= 11 is 0. The second kappa shape index (κ2) is 6.64. The van der Waals surface area contributed by atoms with Gasteiger partial charge >= 0.3 is 0 Å². The Kier molecular flexibility index (Phi) is 5.43. The molecule has 0 aromatic heterocycles. The van der Waals surface area contributed by atoms with Gasteiger partial charge in [-0.2, -0.15) is 0 Å². The topological polar surface area (TPSA) is 46.2 Å². The van der Waals surface area contributed by atoms with Gasteiger partial charge in [-0.15, -0.1) is 0 Å². The molecule has 20 heavy (non-hydrogen) atoms. The molecular formula is C16H22FNO2. The predicted molar refractivity (Wildman–Crippen MR) is 76.8 cm³/mol. The molecule has 0 heterocycles. The third kappa shape index (κ3) is 5.11. The Hall–Kier alpha value is -1.71. The highest BCUT2D eigenvalue weighted by Gasteiger charge is 2.29. The average molecular weight is 279 g/mol. The Bertz CT molecular complexity index is 474. The van der Waals surface area contributed by atoms with Gasteiger partial charge in [0.15, 0.2) is 5.78 Å². The standard InChI is InChI=1S/C16H22FNO2/c1-11(19)15(16(2,3)4)18-14(20)10-7-12-5-8-13(17)9-6-12/h5-6,8-9,15H,7,10H2,1-4H3,(H,18,20). The van der Waals surface area contributed by atoms with Crippen LogP contribution in [-0.2, 0) is 16.0 Å². The van der Waals surface area contributed by atoms with Gasteiger partial charge in [0.1, 0.15) is 5.82 Å². The summed E-state index contributed by atoms with van der Waals surface area (Å²) in [7, 11) is 0. The van der Waals surface area contributed by atoms with Crippen molar-refractivity contribution in [3.05, 3.63) is 35.6 Å². The molecule has 0 saturated heterocycles. The number of hydrogen-bond donors (Lipinski definition) is 1. The first-order chi connectivity index (χ1) is 9.20. The number of amides is 1. The van der Waals surface area contributed by atoms with E-state index in [0.29, 0.717) is 6.42 Å². The number of hydrogen-bond acceptors (Lipinski definition) is 2. The van der Waals surface area contributed by atoms with Gasteiger partial charge in [0.05, 0.1) is 6.04 Å². The van der Waals surface area contributed by atoms with Crippen LogP contribution in [-0.4, -0.2) is 17.7 Å². The van der Waals surface area contributed by atoms with E-state index in [1.165, 1.54) is 19.1 Å². The first-order valence-corrected chi connectivity index (χ1v) is 6.74. The zero-order valence-electron chi connectivity index (χ0n) is 12.5. The van der Waals surface area contributed by atoms with Crippen LogP contribution in [0.3, 0.4) is 0 Å². The molecule has 0 fully saturated rings. The molecule has 1 N–H and O–H groups in total. The van der Waals surface area contributed by atoms with Gasteiger partial charge in [0.25, 0.3) is 0 Å². The van der Waals surface area contributed by atoms with Gasteiger partial charge in [0.2, 0.25) is 5.91 Å². The first kappa shape index (κ1) is 16.3. The van der Waals surface area contributed by atoms with Crippen molar-refractivity contribution in [3.63, 3.8) is 0 Å². The number of rotatable bonds is 5. The molecule has 3 nitrogen and oxygen atoms in total. The van der Waals surface area contributed by atoms with Crippen LogP contribution in [0.15, 0.2) is 24.3 Å². The maximum atomic E-state index is 12.8. The molecule has 0 saturated carbocycles. The van der Waals surface area contributed by atoms with Crippen LogP contribution in [0.25, 0.3) is 0 Å². The first-order valence-electron chi connectivity index (χ1n) is 6.74. The zero-order chi connectivity index (χ0) is 15.3. The highest BCUT2D eigenvalue weighted by Crippen LogP contribution is 2.20. The smallest absolute Gasteiger partial charge is 0.220 e. The summed E-state index contributed by atoms with van der Waals surface area (Å²) in [6.07, 6.45) is 0.812. The van der Waals surface area contributed by atoms with Gasteiger partial charge in [-0.05, 0) is 36.5 Å². The molecule has 0 aliphatic rings. The minimum absolute atomic E-state index is 0.0485. The van der Waals surface area contributed by atoms with E-state index in [0.717, 1.165) is 5.56 Å². The Labute approximate surface area is 119 Å². The summed E-state index contributed by atoms with van der Waals surface area (Å²) in [5.41, 5.74) is 0.592. The minimum Gasteiger partial charge on any atom is -0.346 e. The molecule has 0 spiro atoms. The van der Waals surface area contributed by atoms with Gasteiger partial charge in [-0.25, -0.2) is 4.39 Å². The van der Waals surface area contributed by atoms with Crippen molar-refractivity contribution in [1.29, 1.82) is 0 Å². The third-order valence-corrected chi connectivity index (χ3v) is 3.13. The average Bonchev–Trinajstić information content (AvgIpc) is 2.33. The van der Waals surface area contributed by atoms with Gasteiger partial charge in [-0.1, -0.05) is 32.9 Å². The van der Waals surface area contributed by atoms with E-state index in [2.05, 4.69) is 5.32 Å². The second-order valence-corrected chi connectivity index (χ2v) is 6.10. The van der Waals surface area contributed by atoms with E-state index in [1.54, 1.807) is 12.1 Å². The maximum Gasteiger partial charge on any atom is 0.220 e. The molecular weight excluding hydrogens is 257 g/mol. The van der Waals surface area contributed by atoms with Crippen molar-refractivity contribution in [2.24, 2.45) is 5.41 Å². The molecule has 1 rings (SSSR count). The molecule has 1 amide bonds. The summed E-state index contributed by atoms with van der Waals surface area (Å²) in [4.78, 5) is 23.5. The van der Waals surface area contributed by atoms with E-state index < -0.39 is 6.04 Å². The van der Waals surface area contributed by atoms with Crippen molar-refractivity contribution in [3.8, 4) is 0 Å². The fraction of sp³-hybridized carbons (Fsp3) is 0.500. The Morgan fingerprint density at radius 2 is 1.75 bits per heavy atom. The SMILES string of the molecule is CC(=O)C(NC(=O)CCc1ccc(F)cc1)C(C)(C)C. The quantitative estimate of drug-likeness (QED) is 0.901. The number of carbonyl (C=O) groups is 2. The van der Waals surface area contributed by atoms with E-state index in [1.807, 2.05) is 20.8 Å². The largest absolute Gasteiger partial charge is 0.346 e. The van der Waals surface area contributed by atoms with Crippen molar-refractivity contribution in [1.82, 2.24) is 5.32 Å². The van der Waals surface area contributed by atoms with Crippen molar-refractivity contribution < 1.29 is 14.0 Å². The third-order valence-electron chi connectivity index (χ3n) is 3.13. The molecule has 1 atom stereocenters. The van der Waals surface area contributed by atoms with E-state index >= 15 is 0 Å². The molecule has 110 valence electrons. The molecule has 1 aromatic carbocycles. The monoisotopic (exact) mass is 279 g/mol. The lowest BCUT2D eigenvalue weighted by Gasteiger charge is -2.29. The molecule has 0 aliphatic heterocycles. The lowest BCUT2D eigenvalue weighted by molar-refractivity contribution is -0.129. The van der Waals surface area contributed by atoms with Crippen LogP contribution in [0.1, 0.15) is 39.7 Å². The lowest BCUT2D eigenvalue weighted by Crippen LogP contribution is -2.48. The van der Waals surface area contributed by atoms with Crippen LogP contribution < -0.4 is 5.32 Å². The summed E-state index contributed by atoms with van der Waals surface area (Å²) in [6, 6.07) is 5.59. The predicted octanol–water partition coefficient (Wildman–Crippen LogP) is 2.88. The number of halogens is 1. The van der Waals surface area contributed by atoms with E-state index in [9.17, 15) is 14.0 Å². The lowest BCUT2D eigenvalue weighted by atomic mass is 9.84.